The number of hydrogen-bond donors (Lipinski definition) is 3. The first kappa shape index (κ1) is 19.2. The summed E-state index contributed by atoms with van der Waals surface area (Å²) >= 11 is 1.39. The van der Waals surface area contributed by atoms with E-state index >= 15 is 0 Å². The lowest BCUT2D eigenvalue weighted by Crippen LogP contribution is -2.09. The van der Waals surface area contributed by atoms with Crippen LogP contribution in [0.5, 0.6) is 0 Å². The molecule has 1 saturated carbocycles. The summed E-state index contributed by atoms with van der Waals surface area (Å²) in [4.78, 5) is 5.42. The molecule has 1 aromatic carbocycles. The van der Waals surface area contributed by atoms with E-state index in [1.54, 1.807) is 12.1 Å². The van der Waals surface area contributed by atoms with Crippen molar-refractivity contribution in [2.75, 3.05) is 0 Å². The first-order valence-corrected chi connectivity index (χ1v) is 10.4. The van der Waals surface area contributed by atoms with E-state index in [0.29, 0.717) is 18.7 Å². The van der Waals surface area contributed by atoms with Gasteiger partial charge in [-0.3, -0.25) is 4.72 Å². The number of nitrogens with zero attached hydrogens (tertiary/aromatic N) is 3. The summed E-state index contributed by atoms with van der Waals surface area (Å²) < 4.78 is 5.33. The van der Waals surface area contributed by atoms with Crippen molar-refractivity contribution in [1.29, 1.82) is 10.7 Å². The van der Waals surface area contributed by atoms with Crippen molar-refractivity contribution in [3.8, 4) is 6.07 Å². The number of nitrogens with one attached hydrogen (secondary N) is 3. The highest BCUT2D eigenvalue weighted by molar-refractivity contribution is 8.02. The standard InChI is InChI=1S/C22H22N6S/c23-9-16-1-3-17(4-2-16)11-26-29-21(10-24)13-25-12-20-15-28-14-19(18-5-6-18)7-8-22(28)27-20/h1-4,7-8,10,13-15,18,24-26H,5-6,11-12H2/b21-13+,24-10?. The summed E-state index contributed by atoms with van der Waals surface area (Å²) in [6.07, 6.45) is 9.97. The quantitative estimate of drug-likeness (QED) is 0.370. The lowest BCUT2D eigenvalue weighted by molar-refractivity contribution is 0.844. The molecule has 3 N–H and O–H groups in total. The third kappa shape index (κ3) is 5.05. The molecule has 3 aromatic rings. The van der Waals surface area contributed by atoms with Gasteiger partial charge in [-0.2, -0.15) is 5.26 Å². The summed E-state index contributed by atoms with van der Waals surface area (Å²) in [5, 5.41) is 19.7. The van der Waals surface area contributed by atoms with Crippen molar-refractivity contribution < 1.29 is 0 Å². The molecular weight excluding hydrogens is 380 g/mol. The first-order valence-electron chi connectivity index (χ1n) is 9.55. The SMILES string of the molecule is N#Cc1ccc(CNS/C(C=N)=C/NCc2cn3cc(C4CC4)ccc3n2)cc1. The van der Waals surface area contributed by atoms with E-state index in [1.807, 2.05) is 18.3 Å². The topological polar surface area (TPSA) is 89.0 Å². The van der Waals surface area contributed by atoms with Crippen LogP contribution >= 0.6 is 11.9 Å². The maximum atomic E-state index is 8.84. The molecule has 7 heteroatoms. The molecule has 0 saturated heterocycles. The van der Waals surface area contributed by atoms with Crippen LogP contribution in [0.3, 0.4) is 0 Å². The van der Waals surface area contributed by atoms with Crippen LogP contribution in [0, 0.1) is 16.7 Å². The van der Waals surface area contributed by atoms with Crippen molar-refractivity contribution in [3.05, 3.63) is 82.3 Å². The zero-order chi connectivity index (χ0) is 20.1. The molecule has 0 radical (unpaired) electrons. The van der Waals surface area contributed by atoms with Gasteiger partial charge in [0.05, 0.1) is 28.8 Å². The fraction of sp³-hybridized carbons (Fsp3) is 0.227. The van der Waals surface area contributed by atoms with E-state index in [-0.39, 0.29) is 0 Å². The zero-order valence-electron chi connectivity index (χ0n) is 15.9. The molecule has 0 aliphatic heterocycles. The van der Waals surface area contributed by atoms with Gasteiger partial charge in [-0.15, -0.1) is 0 Å². The Labute approximate surface area is 174 Å². The number of pyridine rings is 1. The lowest BCUT2D eigenvalue weighted by Gasteiger charge is -2.05. The van der Waals surface area contributed by atoms with Gasteiger partial charge in [0.15, 0.2) is 0 Å². The van der Waals surface area contributed by atoms with E-state index in [1.165, 1.54) is 36.6 Å². The number of imidazole rings is 1. The maximum Gasteiger partial charge on any atom is 0.137 e. The van der Waals surface area contributed by atoms with Gasteiger partial charge in [0.25, 0.3) is 0 Å². The third-order valence-electron chi connectivity index (χ3n) is 4.79. The van der Waals surface area contributed by atoms with Crippen LogP contribution in [0.2, 0.25) is 0 Å². The summed E-state index contributed by atoms with van der Waals surface area (Å²) in [5.41, 5.74) is 5.06. The molecule has 6 nitrogen and oxygen atoms in total. The van der Waals surface area contributed by atoms with Crippen molar-refractivity contribution >= 4 is 23.8 Å². The van der Waals surface area contributed by atoms with Crippen LogP contribution in [0.15, 0.2) is 59.9 Å². The molecule has 0 atom stereocenters. The Hall–Kier alpha value is -3.08. The Bertz CT molecular complexity index is 1070. The van der Waals surface area contributed by atoms with E-state index in [9.17, 15) is 0 Å². The lowest BCUT2D eigenvalue weighted by atomic mass is 10.1. The molecule has 0 bridgehead atoms. The first-order chi connectivity index (χ1) is 14.2. The monoisotopic (exact) mass is 402 g/mol. The maximum absolute atomic E-state index is 8.84. The molecular formula is C22H22N6S. The van der Waals surface area contributed by atoms with Crippen LogP contribution in [0.4, 0.5) is 0 Å². The molecule has 1 aliphatic rings. The van der Waals surface area contributed by atoms with Gasteiger partial charge >= 0.3 is 0 Å². The smallest absolute Gasteiger partial charge is 0.137 e. The zero-order valence-corrected chi connectivity index (χ0v) is 16.7. The van der Waals surface area contributed by atoms with Crippen molar-refractivity contribution in [3.63, 3.8) is 0 Å². The number of fused-ring (bicyclic) bond motifs is 1. The highest BCUT2D eigenvalue weighted by Crippen LogP contribution is 2.39. The number of aromatic nitrogens is 2. The minimum Gasteiger partial charge on any atom is -0.384 e. The number of benzene rings is 1. The molecule has 2 heterocycles. The molecule has 4 rings (SSSR count). The minimum atomic E-state index is 0.605. The number of hydrogen-bond acceptors (Lipinski definition) is 6. The molecule has 1 fully saturated rings. The number of allylic oxidation sites excluding steroid dienone is 1. The molecule has 0 unspecified atom stereocenters. The second kappa shape index (κ2) is 8.95. The molecule has 0 amide bonds. The van der Waals surface area contributed by atoms with Gasteiger partial charge in [0.2, 0.25) is 0 Å². The Morgan fingerprint density at radius 1 is 1.21 bits per heavy atom. The van der Waals surface area contributed by atoms with Crippen LogP contribution in [-0.4, -0.2) is 15.6 Å². The van der Waals surface area contributed by atoms with E-state index in [4.69, 9.17) is 10.7 Å². The van der Waals surface area contributed by atoms with Gasteiger partial charge in [0, 0.05) is 31.4 Å². The summed E-state index contributed by atoms with van der Waals surface area (Å²) in [7, 11) is 0. The van der Waals surface area contributed by atoms with Crippen LogP contribution in [-0.2, 0) is 13.1 Å². The van der Waals surface area contributed by atoms with Crippen molar-refractivity contribution in [1.82, 2.24) is 19.4 Å². The fourth-order valence-electron chi connectivity index (χ4n) is 3.06. The third-order valence-corrected chi connectivity index (χ3v) is 5.55. The van der Waals surface area contributed by atoms with E-state index in [2.05, 4.69) is 50.0 Å². The Morgan fingerprint density at radius 2 is 2.03 bits per heavy atom. The van der Waals surface area contributed by atoms with Gasteiger partial charge in [-0.1, -0.05) is 18.2 Å². The summed E-state index contributed by atoms with van der Waals surface area (Å²) in [6, 6.07) is 13.8. The van der Waals surface area contributed by atoms with E-state index in [0.717, 1.165) is 27.7 Å². The molecule has 146 valence electrons. The summed E-state index contributed by atoms with van der Waals surface area (Å²) in [6.45, 7) is 1.26. The van der Waals surface area contributed by atoms with Gasteiger partial charge in [-0.25, -0.2) is 4.98 Å². The highest BCUT2D eigenvalue weighted by Gasteiger charge is 2.23. The predicted molar refractivity (Wildman–Crippen MR) is 116 cm³/mol. The Morgan fingerprint density at radius 3 is 2.76 bits per heavy atom. The predicted octanol–water partition coefficient (Wildman–Crippen LogP) is 4.10. The molecule has 0 spiro atoms. The average Bonchev–Trinajstić information content (AvgIpc) is 3.52. The second-order valence-corrected chi connectivity index (χ2v) is 8.00. The van der Waals surface area contributed by atoms with E-state index < -0.39 is 0 Å². The molecule has 1 aliphatic carbocycles. The molecule has 2 aromatic heterocycles. The largest absolute Gasteiger partial charge is 0.384 e. The van der Waals surface area contributed by atoms with Crippen LogP contribution in [0.25, 0.3) is 5.65 Å². The van der Waals surface area contributed by atoms with Crippen molar-refractivity contribution in [2.45, 2.75) is 31.8 Å². The van der Waals surface area contributed by atoms with Crippen molar-refractivity contribution in [2.24, 2.45) is 0 Å². The van der Waals surface area contributed by atoms with Gasteiger partial charge in [-0.05, 0) is 60.0 Å². The molecule has 29 heavy (non-hydrogen) atoms. The minimum absolute atomic E-state index is 0.605. The fourth-order valence-corrected chi connectivity index (χ4v) is 3.67. The Kier molecular flexibility index (Phi) is 5.94. The summed E-state index contributed by atoms with van der Waals surface area (Å²) in [5.74, 6) is 0.732. The number of nitriles is 1. The van der Waals surface area contributed by atoms with Gasteiger partial charge < -0.3 is 15.1 Å². The van der Waals surface area contributed by atoms with Gasteiger partial charge in [0.1, 0.15) is 5.65 Å². The Balaban J connectivity index is 1.28. The normalized spacial score (nSPS) is 14.0. The van der Waals surface area contributed by atoms with Crippen LogP contribution < -0.4 is 10.0 Å². The second-order valence-electron chi connectivity index (χ2n) is 7.04. The number of rotatable bonds is 9. The highest BCUT2D eigenvalue weighted by atomic mass is 32.2. The van der Waals surface area contributed by atoms with Crippen LogP contribution in [0.1, 0.15) is 41.1 Å². The average molecular weight is 403 g/mol.